The van der Waals surface area contributed by atoms with Gasteiger partial charge in [-0.2, -0.15) is 0 Å². The number of hydrogen-bond acceptors (Lipinski definition) is 1. The van der Waals surface area contributed by atoms with Crippen molar-refractivity contribution in [2.45, 2.75) is 62.3 Å². The van der Waals surface area contributed by atoms with Crippen LogP contribution in [0.2, 0.25) is 0 Å². The van der Waals surface area contributed by atoms with Crippen molar-refractivity contribution in [2.75, 3.05) is 0 Å². The van der Waals surface area contributed by atoms with Crippen molar-refractivity contribution in [3.63, 3.8) is 0 Å². The van der Waals surface area contributed by atoms with Gasteiger partial charge >= 0.3 is 193 Å². The van der Waals surface area contributed by atoms with Gasteiger partial charge in [-0.15, -0.1) is 0 Å². The number of rotatable bonds is 6. The summed E-state index contributed by atoms with van der Waals surface area (Å²) in [6, 6.07) is 21.8. The standard InChI is InChI=1S/C26H31BrO.Cr/c1-18-14-15-22(26(2,3)20-12-8-5-9-13-20)23(16-18)28-17-21-24(25(21)27)19-10-6-4-7-11-19;/h4-13,18,21-25H,14-16H2,1-3H3;/t18-,21-,22-,23-,24-,25+;/m1./s1. The van der Waals surface area contributed by atoms with E-state index in [-0.39, 0.29) is 11.5 Å². The van der Waals surface area contributed by atoms with Crippen LogP contribution >= 0.6 is 15.9 Å². The molecule has 29 heavy (non-hydrogen) atoms. The molecule has 0 N–H and O–H groups in total. The summed E-state index contributed by atoms with van der Waals surface area (Å²) >= 11 is 7.21. The first kappa shape index (κ1) is 21.5. The van der Waals surface area contributed by atoms with Crippen molar-refractivity contribution in [1.82, 2.24) is 0 Å². The van der Waals surface area contributed by atoms with Crippen molar-refractivity contribution in [3.05, 3.63) is 71.8 Å². The Morgan fingerprint density at radius 3 is 2.28 bits per heavy atom. The van der Waals surface area contributed by atoms with Crippen LogP contribution in [0.5, 0.6) is 0 Å². The first-order valence-electron chi connectivity index (χ1n) is 10.8. The van der Waals surface area contributed by atoms with Crippen molar-refractivity contribution in [3.8, 4) is 0 Å². The molecule has 0 amide bonds. The third-order valence-corrected chi connectivity index (χ3v) is 8.87. The topological polar surface area (TPSA) is 9.23 Å². The fourth-order valence-electron chi connectivity index (χ4n) is 5.21. The van der Waals surface area contributed by atoms with E-state index in [1.165, 1.54) is 24.0 Å². The van der Waals surface area contributed by atoms with Gasteiger partial charge in [-0.1, -0.05) is 0 Å². The predicted molar refractivity (Wildman–Crippen MR) is 121 cm³/mol. The summed E-state index contributed by atoms with van der Waals surface area (Å²) in [6.07, 6.45) is 3.93. The molecule has 2 fully saturated rings. The molecule has 0 bridgehead atoms. The first-order chi connectivity index (χ1) is 13.9. The van der Waals surface area contributed by atoms with Crippen LogP contribution in [0.4, 0.5) is 0 Å². The van der Waals surface area contributed by atoms with E-state index in [0.29, 0.717) is 22.6 Å². The van der Waals surface area contributed by atoms with Gasteiger partial charge in [0.25, 0.3) is 0 Å². The van der Waals surface area contributed by atoms with E-state index < -0.39 is 0 Å². The summed E-state index contributed by atoms with van der Waals surface area (Å²) in [4.78, 5) is 0.461. The summed E-state index contributed by atoms with van der Waals surface area (Å²) in [5.74, 6) is 2.18. The van der Waals surface area contributed by atoms with Gasteiger partial charge < -0.3 is 0 Å². The van der Waals surface area contributed by atoms with Gasteiger partial charge in [0, 0.05) is 0 Å². The van der Waals surface area contributed by atoms with Crippen LogP contribution in [-0.4, -0.2) is 15.5 Å². The van der Waals surface area contributed by atoms with Gasteiger partial charge in [-0.3, -0.25) is 0 Å². The second-order valence-corrected chi connectivity index (χ2v) is 11.2. The Bertz CT molecular complexity index is 834. The van der Waals surface area contributed by atoms with Crippen LogP contribution in [0.25, 0.3) is 0 Å². The Morgan fingerprint density at radius 2 is 1.62 bits per heavy atom. The molecule has 2 aliphatic rings. The molecule has 2 saturated carbocycles. The molecule has 6 atom stereocenters. The van der Waals surface area contributed by atoms with Crippen LogP contribution < -0.4 is 0 Å². The van der Waals surface area contributed by atoms with E-state index >= 15 is 0 Å². The number of alkyl halides is 1. The molecule has 0 unspecified atom stereocenters. The molecule has 4 rings (SSSR count). The molecule has 3 heteroatoms. The SMILES string of the molecule is C[C@@H]1CC[C@@H](C(C)(C)c2ccccc2)[C@H](O[C](=[Cr])[C@H]2[C@H](Br)[C@@H]2c2ccccc2)C1. The van der Waals surface area contributed by atoms with Crippen LogP contribution in [0.1, 0.15) is 57.1 Å². The summed E-state index contributed by atoms with van der Waals surface area (Å²) in [7, 11) is 0. The van der Waals surface area contributed by atoms with Crippen molar-refractivity contribution >= 4 is 20.5 Å². The summed E-state index contributed by atoms with van der Waals surface area (Å²) < 4.78 is 7.85. The molecular weight excluding hydrogens is 460 g/mol. The molecule has 154 valence electrons. The maximum absolute atomic E-state index is 6.76. The van der Waals surface area contributed by atoms with Gasteiger partial charge in [0.2, 0.25) is 0 Å². The third-order valence-electron chi connectivity index (χ3n) is 7.16. The Labute approximate surface area is 192 Å². The van der Waals surface area contributed by atoms with Crippen LogP contribution in [-0.2, 0) is 26.0 Å². The number of halogens is 1. The quantitative estimate of drug-likeness (QED) is 0.412. The van der Waals surface area contributed by atoms with Crippen molar-refractivity contribution < 1.29 is 20.6 Å². The van der Waals surface area contributed by atoms with Crippen LogP contribution in [0.3, 0.4) is 0 Å². The molecule has 0 aliphatic heterocycles. The monoisotopic (exact) mass is 490 g/mol. The molecular formula is C26H31BrCrO. The second kappa shape index (κ2) is 8.80. The van der Waals surface area contributed by atoms with E-state index in [0.717, 1.165) is 16.9 Å². The fraction of sp³-hybridized carbons (Fsp3) is 0.500. The summed E-state index contributed by atoms with van der Waals surface area (Å²) in [5.41, 5.74) is 2.92. The van der Waals surface area contributed by atoms with Gasteiger partial charge in [-0.05, 0) is 0 Å². The van der Waals surface area contributed by atoms with E-state index in [1.807, 2.05) is 0 Å². The maximum atomic E-state index is 6.76. The molecule has 1 nitrogen and oxygen atoms in total. The average molecular weight is 491 g/mol. The number of benzene rings is 2. The summed E-state index contributed by atoms with van der Waals surface area (Å²) in [6.45, 7) is 7.17. The molecule has 2 aromatic rings. The molecule has 0 radical (unpaired) electrons. The zero-order valence-corrected chi connectivity index (χ0v) is 20.4. The van der Waals surface area contributed by atoms with E-state index in [2.05, 4.69) is 113 Å². The molecule has 0 spiro atoms. The Kier molecular flexibility index (Phi) is 6.53. The average Bonchev–Trinajstić information content (AvgIpc) is 3.40. The normalized spacial score (nSPS) is 32.0. The molecule has 0 aromatic heterocycles. The van der Waals surface area contributed by atoms with E-state index in [9.17, 15) is 0 Å². The van der Waals surface area contributed by atoms with Crippen molar-refractivity contribution in [1.29, 1.82) is 0 Å². The van der Waals surface area contributed by atoms with Crippen molar-refractivity contribution in [2.24, 2.45) is 17.8 Å². The van der Waals surface area contributed by atoms with Gasteiger partial charge in [0.05, 0.1) is 0 Å². The minimum absolute atomic E-state index is 0.0997. The number of ether oxygens (including phenoxy) is 1. The predicted octanol–water partition coefficient (Wildman–Crippen LogP) is 6.64. The van der Waals surface area contributed by atoms with Gasteiger partial charge in [0.15, 0.2) is 0 Å². The first-order valence-corrected chi connectivity index (χ1v) is 12.4. The number of hydrogen-bond donors (Lipinski definition) is 0. The molecule has 0 heterocycles. The summed E-state index contributed by atoms with van der Waals surface area (Å²) in [5, 5.41) is 0. The zero-order valence-electron chi connectivity index (χ0n) is 17.6. The Morgan fingerprint density at radius 1 is 1.00 bits per heavy atom. The van der Waals surface area contributed by atoms with E-state index in [4.69, 9.17) is 4.74 Å². The molecule has 2 aliphatic carbocycles. The van der Waals surface area contributed by atoms with Gasteiger partial charge in [0.1, 0.15) is 0 Å². The third kappa shape index (κ3) is 4.50. The van der Waals surface area contributed by atoms with Gasteiger partial charge in [-0.25, -0.2) is 0 Å². The molecule has 0 saturated heterocycles. The Balaban J connectivity index is 1.50. The Hall–Kier alpha value is -0.718. The van der Waals surface area contributed by atoms with E-state index in [1.54, 1.807) is 0 Å². The second-order valence-electron chi connectivity index (χ2n) is 9.49. The minimum atomic E-state index is 0.0997. The fourth-order valence-corrected chi connectivity index (χ4v) is 7.18. The van der Waals surface area contributed by atoms with Crippen LogP contribution in [0.15, 0.2) is 60.7 Å². The zero-order chi connectivity index (χ0) is 20.6. The molecule has 2 aromatic carbocycles. The van der Waals surface area contributed by atoms with Crippen LogP contribution in [0, 0.1) is 17.8 Å².